The Hall–Kier alpha value is -1.82. The van der Waals surface area contributed by atoms with E-state index in [1.165, 1.54) is 6.07 Å². The van der Waals surface area contributed by atoms with E-state index in [-0.39, 0.29) is 23.3 Å². The van der Waals surface area contributed by atoms with Crippen LogP contribution in [0, 0.1) is 0 Å². The molecule has 0 aliphatic rings. The van der Waals surface area contributed by atoms with Gasteiger partial charge in [-0.05, 0) is 39.4 Å². The second-order valence-corrected chi connectivity index (χ2v) is 5.05. The summed E-state index contributed by atoms with van der Waals surface area (Å²) >= 11 is 0. The molecule has 0 aromatic carbocycles. The number of carboxylic acids is 1. The fourth-order valence-electron chi connectivity index (χ4n) is 2.10. The lowest BCUT2D eigenvalue weighted by molar-refractivity contribution is 0.0695. The maximum absolute atomic E-state index is 11.9. The van der Waals surface area contributed by atoms with Crippen molar-refractivity contribution in [2.24, 2.45) is 0 Å². The number of aromatic carboxylic acids is 1. The van der Waals surface area contributed by atoms with Gasteiger partial charge in [-0.2, -0.15) is 0 Å². The Labute approximate surface area is 125 Å². The van der Waals surface area contributed by atoms with E-state index >= 15 is 0 Å². The van der Waals surface area contributed by atoms with Crippen molar-refractivity contribution in [1.29, 1.82) is 0 Å². The summed E-state index contributed by atoms with van der Waals surface area (Å²) < 4.78 is 4.97. The molecule has 1 amide bonds. The summed E-state index contributed by atoms with van der Waals surface area (Å²) in [5.41, 5.74) is -0.0191. The quantitative estimate of drug-likeness (QED) is 0.730. The summed E-state index contributed by atoms with van der Waals surface area (Å²) in [7, 11) is 0. The SMILES string of the molecule is CCN(CC)CCCC(C)NC(=O)c1cc(C(=O)O)co1. The maximum Gasteiger partial charge on any atom is 0.338 e. The Morgan fingerprint density at radius 3 is 2.57 bits per heavy atom. The fraction of sp³-hybridized carbons (Fsp3) is 0.600. The van der Waals surface area contributed by atoms with E-state index in [9.17, 15) is 9.59 Å². The van der Waals surface area contributed by atoms with Crippen molar-refractivity contribution in [3.05, 3.63) is 23.7 Å². The summed E-state index contributed by atoms with van der Waals surface area (Å²) in [4.78, 5) is 25.0. The number of carbonyl (C=O) groups excluding carboxylic acids is 1. The van der Waals surface area contributed by atoms with Gasteiger partial charge in [-0.25, -0.2) is 4.79 Å². The van der Waals surface area contributed by atoms with Crippen LogP contribution in [-0.4, -0.2) is 47.6 Å². The van der Waals surface area contributed by atoms with E-state index in [4.69, 9.17) is 9.52 Å². The minimum atomic E-state index is -1.11. The molecule has 0 aliphatic heterocycles. The maximum atomic E-state index is 11.9. The standard InChI is InChI=1S/C15H24N2O4/c1-4-17(5-2)8-6-7-11(3)16-14(18)13-9-12(10-21-13)15(19)20/h9-11H,4-8H2,1-3H3,(H,16,18)(H,19,20). The summed E-state index contributed by atoms with van der Waals surface area (Å²) in [5.74, 6) is -1.45. The number of amides is 1. The molecule has 21 heavy (non-hydrogen) atoms. The molecule has 1 aromatic rings. The zero-order valence-electron chi connectivity index (χ0n) is 12.9. The summed E-state index contributed by atoms with van der Waals surface area (Å²) in [6.07, 6.45) is 2.94. The number of nitrogens with zero attached hydrogens (tertiary/aromatic N) is 1. The first-order valence-electron chi connectivity index (χ1n) is 7.32. The number of carbonyl (C=O) groups is 2. The Morgan fingerprint density at radius 2 is 2.05 bits per heavy atom. The molecule has 0 radical (unpaired) electrons. The molecule has 0 fully saturated rings. The van der Waals surface area contributed by atoms with Gasteiger partial charge >= 0.3 is 5.97 Å². The van der Waals surface area contributed by atoms with Crippen LogP contribution in [0.5, 0.6) is 0 Å². The second kappa shape index (κ2) is 8.46. The van der Waals surface area contributed by atoms with Crippen molar-refractivity contribution in [2.45, 2.75) is 39.7 Å². The van der Waals surface area contributed by atoms with Gasteiger partial charge in [-0.1, -0.05) is 13.8 Å². The molecular weight excluding hydrogens is 272 g/mol. The fourth-order valence-corrected chi connectivity index (χ4v) is 2.10. The molecule has 0 saturated carbocycles. The lowest BCUT2D eigenvalue weighted by atomic mass is 10.1. The molecule has 118 valence electrons. The van der Waals surface area contributed by atoms with Crippen LogP contribution in [0.2, 0.25) is 0 Å². The van der Waals surface area contributed by atoms with E-state index in [0.29, 0.717) is 0 Å². The number of rotatable bonds is 9. The normalized spacial score (nSPS) is 12.4. The summed E-state index contributed by atoms with van der Waals surface area (Å²) in [5, 5.41) is 11.6. The highest BCUT2D eigenvalue weighted by atomic mass is 16.4. The first kappa shape index (κ1) is 17.2. The molecular formula is C15H24N2O4. The van der Waals surface area contributed by atoms with Crippen molar-refractivity contribution in [1.82, 2.24) is 10.2 Å². The van der Waals surface area contributed by atoms with Gasteiger partial charge in [0.1, 0.15) is 6.26 Å². The van der Waals surface area contributed by atoms with E-state index in [0.717, 1.165) is 38.7 Å². The monoisotopic (exact) mass is 296 g/mol. The Morgan fingerprint density at radius 1 is 1.38 bits per heavy atom. The second-order valence-electron chi connectivity index (χ2n) is 5.05. The van der Waals surface area contributed by atoms with Gasteiger partial charge in [0.2, 0.25) is 0 Å². The molecule has 0 bridgehead atoms. The minimum absolute atomic E-state index is 0.0191. The average Bonchev–Trinajstić information content (AvgIpc) is 2.93. The van der Waals surface area contributed by atoms with Crippen LogP contribution in [0.1, 0.15) is 54.5 Å². The van der Waals surface area contributed by atoms with Crippen LogP contribution >= 0.6 is 0 Å². The van der Waals surface area contributed by atoms with Crippen LogP contribution in [0.3, 0.4) is 0 Å². The van der Waals surface area contributed by atoms with Crippen LogP contribution < -0.4 is 5.32 Å². The molecule has 0 saturated heterocycles. The van der Waals surface area contributed by atoms with E-state index < -0.39 is 5.97 Å². The predicted octanol–water partition coefficient (Wildman–Crippen LogP) is 2.22. The third-order valence-electron chi connectivity index (χ3n) is 3.45. The van der Waals surface area contributed by atoms with Gasteiger partial charge in [0, 0.05) is 12.1 Å². The van der Waals surface area contributed by atoms with Crippen molar-refractivity contribution < 1.29 is 19.1 Å². The van der Waals surface area contributed by atoms with E-state index in [1.54, 1.807) is 0 Å². The molecule has 6 nitrogen and oxygen atoms in total. The lowest BCUT2D eigenvalue weighted by Gasteiger charge is -2.19. The van der Waals surface area contributed by atoms with Crippen molar-refractivity contribution >= 4 is 11.9 Å². The van der Waals surface area contributed by atoms with Crippen LogP contribution in [0.25, 0.3) is 0 Å². The Bertz CT molecular complexity index is 466. The van der Waals surface area contributed by atoms with Gasteiger partial charge in [-0.15, -0.1) is 0 Å². The molecule has 0 spiro atoms. The van der Waals surface area contributed by atoms with Crippen molar-refractivity contribution in [3.63, 3.8) is 0 Å². The third-order valence-corrected chi connectivity index (χ3v) is 3.45. The van der Waals surface area contributed by atoms with Gasteiger partial charge in [0.05, 0.1) is 5.56 Å². The highest BCUT2D eigenvalue weighted by Crippen LogP contribution is 2.08. The average molecular weight is 296 g/mol. The van der Waals surface area contributed by atoms with E-state index in [1.807, 2.05) is 6.92 Å². The molecule has 1 rings (SSSR count). The van der Waals surface area contributed by atoms with Gasteiger partial charge in [-0.3, -0.25) is 4.79 Å². The first-order chi connectivity index (χ1) is 9.97. The molecule has 1 heterocycles. The minimum Gasteiger partial charge on any atom is -0.478 e. The van der Waals surface area contributed by atoms with Crippen LogP contribution in [0.15, 0.2) is 16.7 Å². The number of nitrogens with one attached hydrogen (secondary N) is 1. The van der Waals surface area contributed by atoms with Gasteiger partial charge in [0.15, 0.2) is 5.76 Å². The third kappa shape index (κ3) is 5.59. The van der Waals surface area contributed by atoms with Gasteiger partial charge in [0.25, 0.3) is 5.91 Å². The number of carboxylic acid groups (broad SMARTS) is 1. The first-order valence-corrected chi connectivity index (χ1v) is 7.32. The zero-order valence-corrected chi connectivity index (χ0v) is 12.9. The molecule has 1 aromatic heterocycles. The molecule has 2 N–H and O–H groups in total. The van der Waals surface area contributed by atoms with Crippen molar-refractivity contribution in [3.8, 4) is 0 Å². The summed E-state index contributed by atoms with van der Waals surface area (Å²) in [6, 6.07) is 1.26. The highest BCUT2D eigenvalue weighted by Gasteiger charge is 2.16. The number of hydrogen-bond acceptors (Lipinski definition) is 4. The predicted molar refractivity (Wildman–Crippen MR) is 79.6 cm³/mol. The smallest absolute Gasteiger partial charge is 0.338 e. The molecule has 1 atom stereocenters. The lowest BCUT2D eigenvalue weighted by Crippen LogP contribution is -2.33. The van der Waals surface area contributed by atoms with Crippen LogP contribution in [0.4, 0.5) is 0 Å². The molecule has 1 unspecified atom stereocenters. The Kier molecular flexibility index (Phi) is 6.94. The van der Waals surface area contributed by atoms with E-state index in [2.05, 4.69) is 24.1 Å². The zero-order chi connectivity index (χ0) is 15.8. The number of hydrogen-bond donors (Lipinski definition) is 2. The molecule has 0 aliphatic carbocycles. The largest absolute Gasteiger partial charge is 0.478 e. The van der Waals surface area contributed by atoms with Crippen molar-refractivity contribution in [2.75, 3.05) is 19.6 Å². The highest BCUT2D eigenvalue weighted by molar-refractivity contribution is 5.95. The van der Waals surface area contributed by atoms with Crippen LogP contribution in [-0.2, 0) is 0 Å². The Balaban J connectivity index is 2.37. The van der Waals surface area contributed by atoms with Gasteiger partial charge < -0.3 is 19.7 Å². The molecule has 6 heteroatoms. The summed E-state index contributed by atoms with van der Waals surface area (Å²) in [6.45, 7) is 9.26. The topological polar surface area (TPSA) is 82.8 Å². The number of furan rings is 1.